The van der Waals surface area contributed by atoms with E-state index in [1.54, 1.807) is 0 Å². The zero-order chi connectivity index (χ0) is 11.7. The molecule has 2 aromatic heterocycles. The van der Waals surface area contributed by atoms with Crippen molar-refractivity contribution >= 4 is 16.5 Å². The van der Waals surface area contributed by atoms with Gasteiger partial charge < -0.3 is 22.7 Å². The van der Waals surface area contributed by atoms with Gasteiger partial charge in [0.2, 0.25) is 0 Å². The van der Waals surface area contributed by atoms with Gasteiger partial charge in [0.05, 0.1) is 5.69 Å². The Kier molecular flexibility index (Phi) is 4.37. The molecule has 2 rings (SSSR count). The second-order valence-electron chi connectivity index (χ2n) is 3.76. The van der Waals surface area contributed by atoms with Gasteiger partial charge in [0.25, 0.3) is 0 Å². The Hall–Kier alpha value is -1.26. The number of thiazole rings is 1. The molecule has 0 saturated heterocycles. The standard InChI is InChI=1S/C12H15N3S.ClH/c1-4-5-15-8(2)6-10(9(15)3)11-7-16-12(13)14-11;/h4,6-7H,1,5H2,2-3H3,(H2,13,14);1H/p-1. The molecule has 0 saturated carbocycles. The van der Waals surface area contributed by atoms with Crippen molar-refractivity contribution in [1.82, 2.24) is 9.55 Å². The largest absolute Gasteiger partial charge is 1.00 e. The highest BCUT2D eigenvalue weighted by molar-refractivity contribution is 7.13. The number of nitrogen functional groups attached to an aromatic ring is 1. The molecule has 0 amide bonds. The van der Waals surface area contributed by atoms with Crippen LogP contribution in [0.25, 0.3) is 11.3 Å². The number of anilines is 1. The lowest BCUT2D eigenvalue weighted by Gasteiger charge is -2.05. The minimum atomic E-state index is 0. The second kappa shape index (κ2) is 5.38. The highest BCUT2D eigenvalue weighted by Gasteiger charge is 2.12. The number of nitrogens with two attached hydrogens (primary N) is 1. The van der Waals surface area contributed by atoms with Crippen molar-refractivity contribution in [1.29, 1.82) is 0 Å². The summed E-state index contributed by atoms with van der Waals surface area (Å²) >= 11 is 1.47. The Morgan fingerprint density at radius 3 is 2.76 bits per heavy atom. The number of aryl methyl sites for hydroxylation is 1. The normalized spacial score (nSPS) is 10.0. The Balaban J connectivity index is 0.00000144. The van der Waals surface area contributed by atoms with E-state index >= 15 is 0 Å². The van der Waals surface area contributed by atoms with Crippen LogP contribution in [-0.2, 0) is 6.54 Å². The first-order chi connectivity index (χ1) is 7.63. The molecule has 0 unspecified atom stereocenters. The summed E-state index contributed by atoms with van der Waals surface area (Å²) in [6.45, 7) is 8.79. The van der Waals surface area contributed by atoms with Crippen LogP contribution in [0.2, 0.25) is 0 Å². The molecule has 0 radical (unpaired) electrons. The van der Waals surface area contributed by atoms with E-state index in [2.05, 4.69) is 36.0 Å². The third-order valence-corrected chi connectivity index (χ3v) is 3.36. The molecule has 0 aliphatic carbocycles. The molecule has 17 heavy (non-hydrogen) atoms. The number of hydrogen-bond donors (Lipinski definition) is 1. The molecule has 0 atom stereocenters. The zero-order valence-corrected chi connectivity index (χ0v) is 11.5. The van der Waals surface area contributed by atoms with Crippen molar-refractivity contribution in [3.63, 3.8) is 0 Å². The Labute approximate surface area is 111 Å². The van der Waals surface area contributed by atoms with E-state index < -0.39 is 0 Å². The molecule has 0 fully saturated rings. The summed E-state index contributed by atoms with van der Waals surface area (Å²) in [5.41, 5.74) is 10.2. The highest BCUT2D eigenvalue weighted by atomic mass is 35.5. The molecule has 2 N–H and O–H groups in total. The molecular weight excluding hydrogens is 254 g/mol. The molecule has 2 aromatic rings. The third-order valence-electron chi connectivity index (χ3n) is 2.68. The summed E-state index contributed by atoms with van der Waals surface area (Å²) in [6, 6.07) is 2.15. The maximum Gasteiger partial charge on any atom is 0.180 e. The molecular formula is C12H15ClN3S-. The molecule has 0 aliphatic heterocycles. The van der Waals surface area contributed by atoms with E-state index in [0.717, 1.165) is 17.8 Å². The van der Waals surface area contributed by atoms with Gasteiger partial charge in [-0.05, 0) is 19.9 Å². The Morgan fingerprint density at radius 1 is 1.53 bits per heavy atom. The molecule has 0 bridgehead atoms. The second-order valence-corrected chi connectivity index (χ2v) is 4.64. The predicted octanol–water partition coefficient (Wildman–Crippen LogP) is 0.000640. The summed E-state index contributed by atoms with van der Waals surface area (Å²) in [7, 11) is 0. The lowest BCUT2D eigenvalue weighted by Crippen LogP contribution is -3.00. The predicted molar refractivity (Wildman–Crippen MR) is 69.6 cm³/mol. The molecule has 92 valence electrons. The van der Waals surface area contributed by atoms with Crippen LogP contribution in [0.3, 0.4) is 0 Å². The smallest absolute Gasteiger partial charge is 0.180 e. The summed E-state index contributed by atoms with van der Waals surface area (Å²) in [4.78, 5) is 4.31. The van der Waals surface area contributed by atoms with Gasteiger partial charge in [-0.3, -0.25) is 0 Å². The molecule has 3 nitrogen and oxygen atoms in total. The van der Waals surface area contributed by atoms with Gasteiger partial charge in [-0.2, -0.15) is 0 Å². The third kappa shape index (κ3) is 2.53. The van der Waals surface area contributed by atoms with Crippen molar-refractivity contribution in [2.75, 3.05) is 5.73 Å². The van der Waals surface area contributed by atoms with Crippen LogP contribution < -0.4 is 18.1 Å². The first-order valence-electron chi connectivity index (χ1n) is 5.12. The van der Waals surface area contributed by atoms with Crippen LogP contribution in [0.15, 0.2) is 24.1 Å². The van der Waals surface area contributed by atoms with E-state index in [9.17, 15) is 0 Å². The van der Waals surface area contributed by atoms with Gasteiger partial charge in [-0.25, -0.2) is 4.98 Å². The van der Waals surface area contributed by atoms with Gasteiger partial charge in [0.1, 0.15) is 0 Å². The number of hydrogen-bond acceptors (Lipinski definition) is 3. The van der Waals surface area contributed by atoms with Gasteiger partial charge in [0.15, 0.2) is 5.13 Å². The first kappa shape index (κ1) is 13.8. The number of nitrogens with zero attached hydrogens (tertiary/aromatic N) is 2. The lowest BCUT2D eigenvalue weighted by atomic mass is 10.2. The van der Waals surface area contributed by atoms with Gasteiger partial charge in [-0.1, -0.05) is 6.08 Å². The van der Waals surface area contributed by atoms with E-state index in [-0.39, 0.29) is 12.4 Å². The van der Waals surface area contributed by atoms with Crippen LogP contribution in [0.5, 0.6) is 0 Å². The highest BCUT2D eigenvalue weighted by Crippen LogP contribution is 2.28. The fourth-order valence-corrected chi connectivity index (χ4v) is 2.44. The summed E-state index contributed by atoms with van der Waals surface area (Å²) in [6.07, 6.45) is 1.90. The average molecular weight is 269 g/mol. The van der Waals surface area contributed by atoms with Gasteiger partial charge >= 0.3 is 0 Å². The summed E-state index contributed by atoms with van der Waals surface area (Å²) in [5.74, 6) is 0. The number of halogens is 1. The topological polar surface area (TPSA) is 43.8 Å². The van der Waals surface area contributed by atoms with E-state index in [1.807, 2.05) is 11.5 Å². The van der Waals surface area contributed by atoms with Crippen LogP contribution in [0, 0.1) is 13.8 Å². The van der Waals surface area contributed by atoms with Crippen LogP contribution in [0.4, 0.5) is 5.13 Å². The minimum absolute atomic E-state index is 0. The maximum atomic E-state index is 5.65. The number of rotatable bonds is 3. The monoisotopic (exact) mass is 268 g/mol. The van der Waals surface area contributed by atoms with Crippen LogP contribution >= 0.6 is 11.3 Å². The summed E-state index contributed by atoms with van der Waals surface area (Å²) < 4.78 is 2.22. The average Bonchev–Trinajstić information content (AvgIpc) is 2.77. The van der Waals surface area contributed by atoms with E-state index in [1.165, 1.54) is 22.7 Å². The number of aromatic nitrogens is 2. The quantitative estimate of drug-likeness (QED) is 0.797. The van der Waals surface area contributed by atoms with Crippen molar-refractivity contribution in [2.24, 2.45) is 0 Å². The first-order valence-corrected chi connectivity index (χ1v) is 6.00. The van der Waals surface area contributed by atoms with Gasteiger partial charge in [0, 0.05) is 28.9 Å². The molecule has 0 aliphatic rings. The Morgan fingerprint density at radius 2 is 2.24 bits per heavy atom. The van der Waals surface area contributed by atoms with E-state index in [0.29, 0.717) is 5.13 Å². The Bertz CT molecular complexity index is 528. The molecule has 0 spiro atoms. The molecule has 0 aromatic carbocycles. The van der Waals surface area contributed by atoms with Gasteiger partial charge in [-0.15, -0.1) is 17.9 Å². The SMILES string of the molecule is C=CCn1c(C)cc(-c2csc(N)n2)c1C.[Cl-]. The van der Waals surface area contributed by atoms with Crippen molar-refractivity contribution < 1.29 is 12.4 Å². The fraction of sp³-hybridized carbons (Fsp3) is 0.250. The lowest BCUT2D eigenvalue weighted by molar-refractivity contribution is -0.00000347. The zero-order valence-electron chi connectivity index (χ0n) is 9.90. The van der Waals surface area contributed by atoms with Crippen molar-refractivity contribution in [3.8, 4) is 11.3 Å². The van der Waals surface area contributed by atoms with Crippen molar-refractivity contribution in [2.45, 2.75) is 20.4 Å². The maximum absolute atomic E-state index is 5.65. The summed E-state index contributed by atoms with van der Waals surface area (Å²) in [5, 5.41) is 2.61. The van der Waals surface area contributed by atoms with Crippen LogP contribution in [0.1, 0.15) is 11.4 Å². The van der Waals surface area contributed by atoms with E-state index in [4.69, 9.17) is 5.73 Å². The van der Waals surface area contributed by atoms with Crippen LogP contribution in [-0.4, -0.2) is 9.55 Å². The minimum Gasteiger partial charge on any atom is -1.00 e. The number of allylic oxidation sites excluding steroid dienone is 1. The molecule has 2 heterocycles. The fourth-order valence-electron chi connectivity index (χ4n) is 1.88. The van der Waals surface area contributed by atoms with Crippen molar-refractivity contribution in [3.05, 3.63) is 35.5 Å². The molecule has 5 heteroatoms.